The highest BCUT2D eigenvalue weighted by atomic mass is 35.5. The van der Waals surface area contributed by atoms with Crippen molar-refractivity contribution < 1.29 is 14.5 Å². The van der Waals surface area contributed by atoms with Crippen molar-refractivity contribution >= 4 is 35.4 Å². The van der Waals surface area contributed by atoms with Gasteiger partial charge in [-0.25, -0.2) is 4.79 Å². The smallest absolute Gasteiger partial charge is 0.302 e. The molecule has 0 radical (unpaired) electrons. The van der Waals surface area contributed by atoms with Crippen LogP contribution in [0.15, 0.2) is 18.2 Å². The molecule has 0 saturated carbocycles. The predicted octanol–water partition coefficient (Wildman–Crippen LogP) is 1.53. The number of nitrogens with one attached hydrogen (secondary N) is 2. The zero-order chi connectivity index (χ0) is 12.1. The van der Waals surface area contributed by atoms with Gasteiger partial charge < -0.3 is 5.32 Å². The van der Waals surface area contributed by atoms with Gasteiger partial charge in [0.05, 0.1) is 4.92 Å². The van der Waals surface area contributed by atoms with E-state index < -0.39 is 11.0 Å². The Morgan fingerprint density at radius 1 is 1.50 bits per heavy atom. The highest BCUT2D eigenvalue weighted by molar-refractivity contribution is 6.31. The summed E-state index contributed by atoms with van der Waals surface area (Å²) in [5, 5.41) is 14.7. The topological polar surface area (TPSA) is 101 Å². The molecular formula is C8H6ClN3O4. The highest BCUT2D eigenvalue weighted by Gasteiger charge is 2.15. The van der Waals surface area contributed by atoms with Gasteiger partial charge in [0, 0.05) is 11.1 Å². The molecule has 0 aliphatic rings. The Morgan fingerprint density at radius 2 is 2.19 bits per heavy atom. The second-order valence-electron chi connectivity index (χ2n) is 2.63. The highest BCUT2D eigenvalue weighted by Crippen LogP contribution is 2.27. The van der Waals surface area contributed by atoms with E-state index in [1.54, 1.807) is 5.32 Å². The van der Waals surface area contributed by atoms with Crippen LogP contribution >= 0.6 is 11.6 Å². The van der Waals surface area contributed by atoms with E-state index in [1.165, 1.54) is 12.1 Å². The number of hydrogen-bond donors (Lipinski definition) is 2. The van der Waals surface area contributed by atoms with Gasteiger partial charge in [-0.3, -0.25) is 20.2 Å². The molecule has 8 heteroatoms. The van der Waals surface area contributed by atoms with E-state index in [0.717, 1.165) is 6.07 Å². The van der Waals surface area contributed by atoms with Crippen molar-refractivity contribution in [1.82, 2.24) is 5.32 Å². The van der Waals surface area contributed by atoms with Crippen LogP contribution in [0, 0.1) is 10.1 Å². The molecule has 1 aromatic rings. The third-order valence-corrected chi connectivity index (χ3v) is 1.83. The zero-order valence-electron chi connectivity index (χ0n) is 7.77. The summed E-state index contributed by atoms with van der Waals surface area (Å²) in [6.07, 6.45) is 0.158. The van der Waals surface area contributed by atoms with Crippen molar-refractivity contribution in [1.29, 1.82) is 0 Å². The average molecular weight is 244 g/mol. The largest absolute Gasteiger partial charge is 0.325 e. The molecule has 1 rings (SSSR count). The molecule has 2 N–H and O–H groups in total. The van der Waals surface area contributed by atoms with Gasteiger partial charge in [-0.2, -0.15) is 0 Å². The van der Waals surface area contributed by atoms with E-state index in [1.807, 2.05) is 0 Å². The van der Waals surface area contributed by atoms with Gasteiger partial charge in [0.25, 0.3) is 5.69 Å². The lowest BCUT2D eigenvalue weighted by Gasteiger charge is -2.04. The molecule has 0 heterocycles. The normalized spacial score (nSPS) is 9.31. The van der Waals surface area contributed by atoms with Crippen molar-refractivity contribution in [2.45, 2.75) is 0 Å². The Labute approximate surface area is 94.5 Å². The predicted molar refractivity (Wildman–Crippen MR) is 56.3 cm³/mol. The Hall–Kier alpha value is -2.15. The van der Waals surface area contributed by atoms with Crippen LogP contribution in [0.5, 0.6) is 0 Å². The van der Waals surface area contributed by atoms with E-state index in [9.17, 15) is 19.7 Å². The summed E-state index contributed by atoms with van der Waals surface area (Å²) >= 11 is 5.62. The lowest BCUT2D eigenvalue weighted by Crippen LogP contribution is -2.27. The van der Waals surface area contributed by atoms with Gasteiger partial charge in [-0.1, -0.05) is 11.6 Å². The second-order valence-corrected chi connectivity index (χ2v) is 3.07. The monoisotopic (exact) mass is 243 g/mol. The fourth-order valence-corrected chi connectivity index (χ4v) is 1.15. The number of nitro benzene ring substituents is 1. The maximum atomic E-state index is 11.0. The zero-order valence-corrected chi connectivity index (χ0v) is 8.52. The minimum absolute atomic E-state index is 0.0862. The minimum atomic E-state index is -0.875. The molecule has 84 valence electrons. The van der Waals surface area contributed by atoms with Crippen LogP contribution in [-0.4, -0.2) is 17.4 Å². The van der Waals surface area contributed by atoms with Gasteiger partial charge in [0.2, 0.25) is 6.41 Å². The standard InChI is InChI=1S/C8H6ClN3O4/c9-5-1-2-7(12(15)16)6(3-5)11-8(14)10-4-13/h1-4H,(H2,10,11,13,14). The molecule has 1 aromatic carbocycles. The fraction of sp³-hybridized carbons (Fsp3) is 0. The van der Waals surface area contributed by atoms with Gasteiger partial charge in [-0.15, -0.1) is 0 Å². The first-order chi connectivity index (χ1) is 7.54. The number of halogens is 1. The first kappa shape index (κ1) is 11.9. The van der Waals surface area contributed by atoms with Crippen LogP contribution in [-0.2, 0) is 4.79 Å². The van der Waals surface area contributed by atoms with E-state index in [-0.39, 0.29) is 22.8 Å². The molecule has 0 aliphatic carbocycles. The minimum Gasteiger partial charge on any atom is -0.302 e. The average Bonchev–Trinajstić information content (AvgIpc) is 2.17. The SMILES string of the molecule is O=CNC(=O)Nc1cc(Cl)ccc1[N+](=O)[O-]. The van der Waals surface area contributed by atoms with Crippen LogP contribution in [0.4, 0.5) is 16.2 Å². The fourth-order valence-electron chi connectivity index (χ4n) is 0.980. The van der Waals surface area contributed by atoms with Crippen molar-refractivity contribution in [2.75, 3.05) is 5.32 Å². The summed E-state index contributed by atoms with van der Waals surface area (Å²) in [7, 11) is 0. The van der Waals surface area contributed by atoms with Crippen molar-refractivity contribution in [3.05, 3.63) is 33.3 Å². The van der Waals surface area contributed by atoms with E-state index in [4.69, 9.17) is 11.6 Å². The van der Waals surface area contributed by atoms with Gasteiger partial charge in [0.1, 0.15) is 5.69 Å². The molecule has 0 aliphatic heterocycles. The molecule has 0 saturated heterocycles. The molecule has 0 bridgehead atoms. The number of imide groups is 1. The number of nitro groups is 1. The van der Waals surface area contributed by atoms with Crippen molar-refractivity contribution in [3.63, 3.8) is 0 Å². The molecule has 7 nitrogen and oxygen atoms in total. The van der Waals surface area contributed by atoms with E-state index >= 15 is 0 Å². The lowest BCUT2D eigenvalue weighted by molar-refractivity contribution is -0.383. The van der Waals surface area contributed by atoms with E-state index in [0.29, 0.717) is 0 Å². The summed E-state index contributed by atoms with van der Waals surface area (Å²) in [5.74, 6) is 0. The summed E-state index contributed by atoms with van der Waals surface area (Å²) in [5.41, 5.74) is -0.401. The second kappa shape index (κ2) is 5.08. The Kier molecular flexibility index (Phi) is 3.78. The van der Waals surface area contributed by atoms with Crippen LogP contribution < -0.4 is 10.6 Å². The quantitative estimate of drug-likeness (QED) is 0.477. The summed E-state index contributed by atoms with van der Waals surface area (Å²) < 4.78 is 0. The number of anilines is 1. The first-order valence-electron chi connectivity index (χ1n) is 3.99. The number of nitrogens with zero attached hydrogens (tertiary/aromatic N) is 1. The molecular weight excluding hydrogens is 238 g/mol. The molecule has 0 unspecified atom stereocenters. The molecule has 16 heavy (non-hydrogen) atoms. The maximum Gasteiger partial charge on any atom is 0.325 e. The molecule has 0 atom stereocenters. The van der Waals surface area contributed by atoms with Crippen molar-refractivity contribution in [2.24, 2.45) is 0 Å². The van der Waals surface area contributed by atoms with Crippen LogP contribution in [0.3, 0.4) is 0 Å². The summed E-state index contributed by atoms with van der Waals surface area (Å²) in [4.78, 5) is 30.9. The number of carbonyl (C=O) groups is 2. The number of hydrogen-bond acceptors (Lipinski definition) is 4. The Balaban J connectivity index is 3.00. The van der Waals surface area contributed by atoms with Crippen molar-refractivity contribution in [3.8, 4) is 0 Å². The molecule has 0 aromatic heterocycles. The molecule has 3 amide bonds. The molecule has 0 fully saturated rings. The summed E-state index contributed by atoms with van der Waals surface area (Å²) in [6, 6.07) is 2.81. The number of amides is 3. The number of rotatable bonds is 3. The number of benzene rings is 1. The number of carbonyl (C=O) groups excluding carboxylic acids is 2. The third-order valence-electron chi connectivity index (χ3n) is 1.59. The lowest BCUT2D eigenvalue weighted by atomic mass is 10.2. The van der Waals surface area contributed by atoms with Crippen LogP contribution in [0.1, 0.15) is 0 Å². The Morgan fingerprint density at radius 3 is 2.75 bits per heavy atom. The Bertz CT molecular complexity index is 449. The third kappa shape index (κ3) is 2.92. The van der Waals surface area contributed by atoms with Gasteiger partial charge >= 0.3 is 6.03 Å². The summed E-state index contributed by atoms with van der Waals surface area (Å²) in [6.45, 7) is 0. The number of urea groups is 1. The first-order valence-corrected chi connectivity index (χ1v) is 4.37. The van der Waals surface area contributed by atoms with Gasteiger partial charge in [0.15, 0.2) is 0 Å². The van der Waals surface area contributed by atoms with Crippen LogP contribution in [0.25, 0.3) is 0 Å². The van der Waals surface area contributed by atoms with Gasteiger partial charge in [-0.05, 0) is 12.1 Å². The van der Waals surface area contributed by atoms with E-state index in [2.05, 4.69) is 5.32 Å². The van der Waals surface area contributed by atoms with Crippen LogP contribution in [0.2, 0.25) is 5.02 Å². The molecule has 0 spiro atoms. The maximum absolute atomic E-state index is 11.0.